The molecule has 144 valence electrons. The molecule has 0 heterocycles. The Morgan fingerprint density at radius 3 is 1.58 bits per heavy atom. The number of carbonyl (C=O) groups is 1. The second-order valence-electron chi connectivity index (χ2n) is 5.24. The van der Waals surface area contributed by atoms with Gasteiger partial charge in [0.25, 0.3) is 0 Å². The topological polar surface area (TPSA) is 26.3 Å². The van der Waals surface area contributed by atoms with Crippen molar-refractivity contribution in [1.82, 2.24) is 0 Å². The first-order valence-electron chi connectivity index (χ1n) is 6.46. The third-order valence-corrected chi connectivity index (χ3v) is 3.18. The summed E-state index contributed by atoms with van der Waals surface area (Å²) in [6, 6.07) is 0. The lowest BCUT2D eigenvalue weighted by atomic mass is 10.0. The zero-order chi connectivity index (χ0) is 19.6. The summed E-state index contributed by atoms with van der Waals surface area (Å²) in [5, 5.41) is 0. The van der Waals surface area contributed by atoms with Crippen LogP contribution >= 0.6 is 0 Å². The van der Waals surface area contributed by atoms with Gasteiger partial charge in [-0.1, -0.05) is 6.92 Å². The molecule has 1 atom stereocenters. The Hall–Kier alpha value is -1.23. The van der Waals surface area contributed by atoms with Gasteiger partial charge in [-0.2, -0.15) is 39.5 Å². The van der Waals surface area contributed by atoms with Crippen molar-refractivity contribution in [2.24, 2.45) is 0 Å². The lowest BCUT2D eigenvalue weighted by molar-refractivity contribution is -0.295. The Morgan fingerprint density at radius 1 is 0.792 bits per heavy atom. The number of hydrogen-bond acceptors (Lipinski definition) is 2. The summed E-state index contributed by atoms with van der Waals surface area (Å²) in [6.45, 7) is -0.599. The fourth-order valence-electron chi connectivity index (χ4n) is 1.20. The number of carbonyl (C=O) groups excluding carboxylic acids is 1. The first kappa shape index (κ1) is 22.8. The van der Waals surface area contributed by atoms with E-state index in [2.05, 4.69) is 4.74 Å². The van der Waals surface area contributed by atoms with Gasteiger partial charge in [0.15, 0.2) is 6.61 Å². The minimum Gasteiger partial charge on any atom is -0.457 e. The molecule has 0 aromatic rings. The highest BCUT2D eigenvalue weighted by molar-refractivity contribution is 5.78. The van der Waals surface area contributed by atoms with E-state index in [9.17, 15) is 48.7 Å². The van der Waals surface area contributed by atoms with Crippen LogP contribution in [0.2, 0.25) is 0 Å². The van der Waals surface area contributed by atoms with Gasteiger partial charge in [0.05, 0.1) is 0 Å². The van der Waals surface area contributed by atoms with Crippen molar-refractivity contribution >= 4 is 5.97 Å². The van der Waals surface area contributed by atoms with E-state index in [-0.39, 0.29) is 0 Å². The summed E-state index contributed by atoms with van der Waals surface area (Å²) < 4.78 is 131. The molecule has 12 heteroatoms. The predicted molar refractivity (Wildman–Crippen MR) is 60.9 cm³/mol. The first-order chi connectivity index (χ1) is 10.4. The van der Waals surface area contributed by atoms with Crippen LogP contribution in [0, 0.1) is 0 Å². The van der Waals surface area contributed by atoms with Crippen molar-refractivity contribution in [2.75, 3.05) is 6.61 Å². The van der Waals surface area contributed by atoms with Crippen molar-refractivity contribution in [2.45, 2.75) is 62.7 Å². The van der Waals surface area contributed by atoms with Gasteiger partial charge in [0, 0.05) is 12.8 Å². The van der Waals surface area contributed by atoms with Crippen LogP contribution in [0.4, 0.5) is 43.9 Å². The van der Waals surface area contributed by atoms with Gasteiger partial charge in [-0.05, 0) is 13.3 Å². The smallest absolute Gasteiger partial charge is 0.453 e. The fourth-order valence-corrected chi connectivity index (χ4v) is 1.20. The van der Waals surface area contributed by atoms with E-state index in [0.29, 0.717) is 6.92 Å². The van der Waals surface area contributed by atoms with Crippen LogP contribution in [0.1, 0.15) is 33.1 Å². The summed E-state index contributed by atoms with van der Waals surface area (Å²) in [7, 11) is 0. The third kappa shape index (κ3) is 5.40. The maximum Gasteiger partial charge on any atom is 0.453 e. The van der Waals surface area contributed by atoms with E-state index in [1.54, 1.807) is 0 Å². The molecule has 0 bridgehead atoms. The van der Waals surface area contributed by atoms with Crippen LogP contribution in [0.3, 0.4) is 0 Å². The van der Waals surface area contributed by atoms with Gasteiger partial charge in [-0.25, -0.2) is 9.18 Å². The van der Waals surface area contributed by atoms with E-state index >= 15 is 0 Å². The molecule has 0 fully saturated rings. The molecule has 0 aromatic heterocycles. The fraction of sp³-hybridized carbons (Fsp3) is 0.917. The monoisotopic (exact) mass is 380 g/mol. The van der Waals surface area contributed by atoms with Gasteiger partial charge in [0.1, 0.15) is 0 Å². The Morgan fingerprint density at radius 2 is 1.21 bits per heavy atom. The molecule has 0 aliphatic rings. The maximum absolute atomic E-state index is 13.4. The van der Waals surface area contributed by atoms with Crippen LogP contribution in [0.5, 0.6) is 0 Å². The summed E-state index contributed by atoms with van der Waals surface area (Å²) in [5.41, 5.74) is -2.74. The van der Waals surface area contributed by atoms with Crippen LogP contribution in [-0.2, 0) is 9.53 Å². The molecule has 0 aromatic carbocycles. The molecule has 0 aliphatic heterocycles. The van der Waals surface area contributed by atoms with Gasteiger partial charge >= 0.3 is 29.9 Å². The second-order valence-corrected chi connectivity index (χ2v) is 5.24. The Kier molecular flexibility index (Phi) is 6.59. The number of alkyl halides is 10. The third-order valence-electron chi connectivity index (χ3n) is 3.18. The van der Waals surface area contributed by atoms with E-state index in [1.807, 2.05) is 0 Å². The number of halogens is 10. The standard InChI is InChI=1S/C12H14F10O2/c1-3-8(2,13)7(23)24-6-11(18,19)9(14,15)4-5-10(16,17)12(20,21)22/h3-6H2,1-2H3. The molecule has 0 saturated heterocycles. The highest BCUT2D eigenvalue weighted by Crippen LogP contribution is 2.44. The molecule has 2 nitrogen and oxygen atoms in total. The average molecular weight is 380 g/mol. The van der Waals surface area contributed by atoms with Crippen molar-refractivity contribution < 1.29 is 53.4 Å². The van der Waals surface area contributed by atoms with E-state index in [0.717, 1.165) is 6.92 Å². The molecule has 1 unspecified atom stereocenters. The summed E-state index contributed by atoms with van der Waals surface area (Å²) in [4.78, 5) is 11.1. The Labute approximate surface area is 130 Å². The SMILES string of the molecule is CCC(C)(F)C(=O)OCC(F)(F)C(F)(F)CCC(F)(F)C(F)(F)F. The number of rotatable bonds is 8. The van der Waals surface area contributed by atoms with Crippen LogP contribution in [0.15, 0.2) is 0 Å². The van der Waals surface area contributed by atoms with Gasteiger partial charge in [-0.15, -0.1) is 0 Å². The number of hydrogen-bond donors (Lipinski definition) is 0. The lowest BCUT2D eigenvalue weighted by Crippen LogP contribution is -2.48. The largest absolute Gasteiger partial charge is 0.457 e. The quantitative estimate of drug-likeness (QED) is 0.442. The number of ether oxygens (including phenoxy) is 1. The molecule has 0 amide bonds. The van der Waals surface area contributed by atoms with Crippen LogP contribution < -0.4 is 0 Å². The molecule has 0 rings (SSSR count). The Balaban J connectivity index is 4.91. The summed E-state index contributed by atoms with van der Waals surface area (Å²) in [5.74, 6) is -18.1. The van der Waals surface area contributed by atoms with Crippen molar-refractivity contribution in [3.05, 3.63) is 0 Å². The van der Waals surface area contributed by atoms with E-state index in [4.69, 9.17) is 0 Å². The van der Waals surface area contributed by atoms with Crippen molar-refractivity contribution in [1.29, 1.82) is 0 Å². The Bertz CT molecular complexity index is 442. The molecule has 0 aliphatic carbocycles. The number of esters is 1. The van der Waals surface area contributed by atoms with Gasteiger partial charge in [0.2, 0.25) is 5.67 Å². The second kappa shape index (κ2) is 6.95. The molecule has 0 radical (unpaired) electrons. The highest BCUT2D eigenvalue weighted by atomic mass is 19.4. The normalized spacial score (nSPS) is 16.7. The van der Waals surface area contributed by atoms with E-state index in [1.165, 1.54) is 0 Å². The van der Waals surface area contributed by atoms with E-state index < -0.39 is 61.5 Å². The molecular formula is C12H14F10O2. The van der Waals surface area contributed by atoms with Crippen molar-refractivity contribution in [3.63, 3.8) is 0 Å². The van der Waals surface area contributed by atoms with Gasteiger partial charge in [-0.3, -0.25) is 0 Å². The summed E-state index contributed by atoms with van der Waals surface area (Å²) >= 11 is 0. The van der Waals surface area contributed by atoms with Gasteiger partial charge < -0.3 is 4.74 Å². The van der Waals surface area contributed by atoms with Crippen LogP contribution in [-0.4, -0.2) is 42.2 Å². The first-order valence-corrected chi connectivity index (χ1v) is 6.46. The molecule has 24 heavy (non-hydrogen) atoms. The maximum atomic E-state index is 13.4. The molecular weight excluding hydrogens is 366 g/mol. The minimum atomic E-state index is -6.18. The zero-order valence-corrected chi connectivity index (χ0v) is 12.4. The van der Waals surface area contributed by atoms with Crippen molar-refractivity contribution in [3.8, 4) is 0 Å². The minimum absolute atomic E-state index is 0.522. The molecule has 0 N–H and O–H groups in total. The summed E-state index contributed by atoms with van der Waals surface area (Å²) in [6.07, 6.45) is -11.8. The molecule has 0 saturated carbocycles. The van der Waals surface area contributed by atoms with Crippen LogP contribution in [0.25, 0.3) is 0 Å². The lowest BCUT2D eigenvalue weighted by Gasteiger charge is -2.29. The average Bonchev–Trinajstić information content (AvgIpc) is 2.41. The highest BCUT2D eigenvalue weighted by Gasteiger charge is 2.62. The predicted octanol–water partition coefficient (Wildman–Crippen LogP) is 4.92. The molecule has 0 spiro atoms. The zero-order valence-electron chi connectivity index (χ0n) is 12.4.